The summed E-state index contributed by atoms with van der Waals surface area (Å²) < 4.78 is 0. The lowest BCUT2D eigenvalue weighted by Crippen LogP contribution is -2.15. The molecule has 1 N–H and O–H groups in total. The summed E-state index contributed by atoms with van der Waals surface area (Å²) in [7, 11) is 0. The minimum Gasteiger partial charge on any atom is -0.312 e. The zero-order chi connectivity index (χ0) is 12.4. The van der Waals surface area contributed by atoms with Gasteiger partial charge in [-0.25, -0.2) is 0 Å². The molecule has 1 aromatic heterocycles. The number of rotatable bonds is 5. The number of thiophene rings is 1. The normalized spacial score (nSPS) is 22.1. The fraction of sp³-hybridized carbons (Fsp3) is 0.375. The Morgan fingerprint density at radius 1 is 1.17 bits per heavy atom. The predicted octanol–water partition coefficient (Wildman–Crippen LogP) is 4.16. The number of hydrogen-bond donors (Lipinski definition) is 1. The van der Waals surface area contributed by atoms with Crippen molar-refractivity contribution in [2.45, 2.75) is 19.9 Å². The average molecular weight is 257 g/mol. The minimum atomic E-state index is 0.929. The van der Waals surface area contributed by atoms with Gasteiger partial charge in [0.2, 0.25) is 0 Å². The van der Waals surface area contributed by atoms with Crippen molar-refractivity contribution < 1.29 is 0 Å². The van der Waals surface area contributed by atoms with E-state index in [1.54, 1.807) is 0 Å². The molecule has 0 saturated heterocycles. The zero-order valence-electron chi connectivity index (χ0n) is 10.7. The van der Waals surface area contributed by atoms with Crippen LogP contribution in [-0.2, 0) is 6.54 Å². The maximum atomic E-state index is 3.57. The van der Waals surface area contributed by atoms with E-state index in [0.29, 0.717) is 0 Å². The molecular formula is C16H19NS. The lowest BCUT2D eigenvalue weighted by atomic mass is 10.2. The summed E-state index contributed by atoms with van der Waals surface area (Å²) in [5.74, 6) is 1.87. The smallest absolute Gasteiger partial charge is 0.0346 e. The zero-order valence-corrected chi connectivity index (χ0v) is 11.5. The Labute approximate surface area is 113 Å². The van der Waals surface area contributed by atoms with E-state index >= 15 is 0 Å². The van der Waals surface area contributed by atoms with E-state index < -0.39 is 0 Å². The van der Waals surface area contributed by atoms with Crippen LogP contribution in [0.4, 0.5) is 0 Å². The fourth-order valence-corrected chi connectivity index (χ4v) is 3.28. The van der Waals surface area contributed by atoms with Crippen molar-refractivity contribution in [1.82, 2.24) is 5.32 Å². The van der Waals surface area contributed by atoms with Gasteiger partial charge < -0.3 is 5.32 Å². The summed E-state index contributed by atoms with van der Waals surface area (Å²) in [6.07, 6.45) is 1.41. The fourth-order valence-electron chi connectivity index (χ4n) is 2.29. The summed E-state index contributed by atoms with van der Waals surface area (Å²) in [6, 6.07) is 15.1. The summed E-state index contributed by atoms with van der Waals surface area (Å²) in [5, 5.41) is 3.57. The summed E-state index contributed by atoms with van der Waals surface area (Å²) in [4.78, 5) is 2.80. The van der Waals surface area contributed by atoms with Gasteiger partial charge in [0.15, 0.2) is 0 Å². The van der Waals surface area contributed by atoms with Crippen molar-refractivity contribution in [1.29, 1.82) is 0 Å². The molecule has 2 aromatic rings. The number of nitrogens with one attached hydrogen (secondary N) is 1. The first-order valence-electron chi connectivity index (χ1n) is 6.68. The van der Waals surface area contributed by atoms with Crippen LogP contribution in [0.3, 0.4) is 0 Å². The number of hydrogen-bond acceptors (Lipinski definition) is 2. The summed E-state index contributed by atoms with van der Waals surface area (Å²) in [5.41, 5.74) is 1.32. The molecular weight excluding hydrogens is 238 g/mol. The number of benzene rings is 1. The molecule has 1 heterocycles. The molecule has 1 fully saturated rings. The Bertz CT molecular complexity index is 503. The highest BCUT2D eigenvalue weighted by Crippen LogP contribution is 2.37. The van der Waals surface area contributed by atoms with E-state index in [4.69, 9.17) is 0 Å². The summed E-state index contributed by atoms with van der Waals surface area (Å²) >= 11 is 1.90. The molecule has 1 aromatic carbocycles. The van der Waals surface area contributed by atoms with E-state index in [1.807, 2.05) is 11.3 Å². The molecule has 0 amide bonds. The van der Waals surface area contributed by atoms with Crippen LogP contribution in [0.25, 0.3) is 10.4 Å². The van der Waals surface area contributed by atoms with Crippen molar-refractivity contribution >= 4 is 11.3 Å². The molecule has 2 atom stereocenters. The Morgan fingerprint density at radius 2 is 1.94 bits per heavy atom. The molecule has 2 unspecified atom stereocenters. The van der Waals surface area contributed by atoms with Crippen LogP contribution in [0.15, 0.2) is 42.5 Å². The van der Waals surface area contributed by atoms with Crippen molar-refractivity contribution in [2.24, 2.45) is 11.8 Å². The third-order valence-corrected chi connectivity index (χ3v) is 4.84. The minimum absolute atomic E-state index is 0.929. The Morgan fingerprint density at radius 3 is 2.67 bits per heavy atom. The van der Waals surface area contributed by atoms with Gasteiger partial charge >= 0.3 is 0 Å². The molecule has 18 heavy (non-hydrogen) atoms. The SMILES string of the molecule is CC1CC1CNCc1ccc(-c2ccccc2)s1. The van der Waals surface area contributed by atoms with E-state index in [-0.39, 0.29) is 0 Å². The summed E-state index contributed by atoms with van der Waals surface area (Å²) in [6.45, 7) is 4.53. The van der Waals surface area contributed by atoms with Crippen LogP contribution >= 0.6 is 11.3 Å². The van der Waals surface area contributed by atoms with E-state index in [1.165, 1.54) is 28.3 Å². The average Bonchev–Trinajstić information content (AvgIpc) is 2.92. The monoisotopic (exact) mass is 257 g/mol. The van der Waals surface area contributed by atoms with Gasteiger partial charge in [-0.1, -0.05) is 37.3 Å². The first kappa shape index (κ1) is 11.9. The van der Waals surface area contributed by atoms with Gasteiger partial charge in [0.05, 0.1) is 0 Å². The predicted molar refractivity (Wildman–Crippen MR) is 78.7 cm³/mol. The largest absolute Gasteiger partial charge is 0.312 e. The topological polar surface area (TPSA) is 12.0 Å². The van der Waals surface area contributed by atoms with Gasteiger partial charge in [-0.3, -0.25) is 0 Å². The van der Waals surface area contributed by atoms with Crippen molar-refractivity contribution in [2.75, 3.05) is 6.54 Å². The molecule has 94 valence electrons. The first-order valence-corrected chi connectivity index (χ1v) is 7.49. The van der Waals surface area contributed by atoms with Crippen molar-refractivity contribution in [3.8, 4) is 10.4 Å². The van der Waals surface area contributed by atoms with Crippen molar-refractivity contribution in [3.63, 3.8) is 0 Å². The highest BCUT2D eigenvalue weighted by molar-refractivity contribution is 7.15. The highest BCUT2D eigenvalue weighted by atomic mass is 32.1. The first-order chi connectivity index (χ1) is 8.83. The molecule has 1 nitrogen and oxygen atoms in total. The second-order valence-corrected chi connectivity index (χ2v) is 6.40. The standard InChI is InChI=1S/C16H19NS/c1-12-9-14(12)10-17-11-15-7-8-16(18-15)13-5-3-2-4-6-13/h2-8,12,14,17H,9-11H2,1H3. The highest BCUT2D eigenvalue weighted by Gasteiger charge is 2.31. The lowest BCUT2D eigenvalue weighted by molar-refractivity contribution is 0.616. The van der Waals surface area contributed by atoms with Gasteiger partial charge in [0.1, 0.15) is 0 Å². The third-order valence-electron chi connectivity index (χ3n) is 3.70. The molecule has 1 saturated carbocycles. The van der Waals surface area contributed by atoms with Gasteiger partial charge in [0, 0.05) is 16.3 Å². The van der Waals surface area contributed by atoms with Gasteiger partial charge in [0.25, 0.3) is 0 Å². The maximum absolute atomic E-state index is 3.57. The van der Waals surface area contributed by atoms with E-state index in [2.05, 4.69) is 54.7 Å². The van der Waals surface area contributed by atoms with Gasteiger partial charge in [-0.2, -0.15) is 0 Å². The Hall–Kier alpha value is -1.12. The van der Waals surface area contributed by atoms with Crippen LogP contribution in [0, 0.1) is 11.8 Å². The molecule has 0 aliphatic heterocycles. The van der Waals surface area contributed by atoms with Crippen LogP contribution < -0.4 is 5.32 Å². The van der Waals surface area contributed by atoms with Crippen LogP contribution in [0.5, 0.6) is 0 Å². The van der Waals surface area contributed by atoms with Crippen molar-refractivity contribution in [3.05, 3.63) is 47.3 Å². The van der Waals surface area contributed by atoms with Gasteiger partial charge in [-0.05, 0) is 42.5 Å². The molecule has 2 heteroatoms. The van der Waals surface area contributed by atoms with Crippen LogP contribution in [0.1, 0.15) is 18.2 Å². The second-order valence-electron chi connectivity index (χ2n) is 5.24. The quantitative estimate of drug-likeness (QED) is 0.848. The maximum Gasteiger partial charge on any atom is 0.0346 e. The molecule has 0 bridgehead atoms. The van der Waals surface area contributed by atoms with Crippen LogP contribution in [-0.4, -0.2) is 6.54 Å². The Kier molecular flexibility index (Phi) is 3.48. The molecule has 0 radical (unpaired) electrons. The van der Waals surface area contributed by atoms with E-state index in [9.17, 15) is 0 Å². The molecule has 1 aliphatic rings. The third kappa shape index (κ3) is 2.82. The molecule has 3 rings (SSSR count). The van der Waals surface area contributed by atoms with Crippen LogP contribution in [0.2, 0.25) is 0 Å². The van der Waals surface area contributed by atoms with E-state index in [0.717, 1.165) is 18.4 Å². The van der Waals surface area contributed by atoms with Gasteiger partial charge in [-0.15, -0.1) is 11.3 Å². The molecule has 1 aliphatic carbocycles. The molecule has 0 spiro atoms. The second kappa shape index (κ2) is 5.25. The lowest BCUT2D eigenvalue weighted by Gasteiger charge is -2.01. The Balaban J connectivity index is 1.56.